The molecule has 2 heterocycles. The highest BCUT2D eigenvalue weighted by Crippen LogP contribution is 2.30. The lowest BCUT2D eigenvalue weighted by molar-refractivity contribution is 0.0974. The lowest BCUT2D eigenvalue weighted by Gasteiger charge is -2.11. The average Bonchev–Trinajstić information content (AvgIpc) is 3.10. The predicted molar refractivity (Wildman–Crippen MR) is 133 cm³/mol. The largest absolute Gasteiger partial charge is 0.338 e. The fourth-order valence-electron chi connectivity index (χ4n) is 4.09. The van der Waals surface area contributed by atoms with E-state index in [1.807, 2.05) is 4.72 Å². The third-order valence-electron chi connectivity index (χ3n) is 5.73. The highest BCUT2D eigenvalue weighted by molar-refractivity contribution is 7.90. The van der Waals surface area contributed by atoms with Gasteiger partial charge in [-0.2, -0.15) is 0 Å². The zero-order chi connectivity index (χ0) is 25.8. The van der Waals surface area contributed by atoms with Gasteiger partial charge >= 0.3 is 5.69 Å². The third-order valence-corrected chi connectivity index (χ3v) is 7.31. The van der Waals surface area contributed by atoms with Crippen LogP contribution in [0.15, 0.2) is 81.2 Å². The number of fused-ring (bicyclic) bond motifs is 2. The van der Waals surface area contributed by atoms with Gasteiger partial charge in [0.15, 0.2) is 0 Å². The highest BCUT2D eigenvalue weighted by Gasteiger charge is 2.28. The molecule has 3 aromatic carbocycles. The van der Waals surface area contributed by atoms with Gasteiger partial charge in [0.25, 0.3) is 21.5 Å². The van der Waals surface area contributed by atoms with Gasteiger partial charge in [-0.1, -0.05) is 23.7 Å². The van der Waals surface area contributed by atoms with E-state index in [1.54, 1.807) is 30.3 Å². The molecule has 0 saturated heterocycles. The Kier molecular flexibility index (Phi) is 5.53. The highest BCUT2D eigenvalue weighted by atomic mass is 35.5. The number of halogens is 2. The molecule has 0 saturated carbocycles. The van der Waals surface area contributed by atoms with E-state index in [9.17, 15) is 27.2 Å². The summed E-state index contributed by atoms with van der Waals surface area (Å²) in [7, 11) is -2.93. The maximum absolute atomic E-state index is 13.4. The number of aromatic amines is 1. The Morgan fingerprint density at radius 1 is 1.00 bits per heavy atom. The standard InChI is InChI=1S/C24H16ClFN4O5S/c1-29-19-11-6-13(25)12-17(19)20(30-23(32)16-4-2-3-5-18(16)27-24(30)33)21(29)22(31)28-36(34,35)15-9-7-14(26)8-10-15/h2-12H,1H3,(H,27,33)(H,28,31). The van der Waals surface area contributed by atoms with Crippen LogP contribution in [0.2, 0.25) is 5.02 Å². The van der Waals surface area contributed by atoms with E-state index in [4.69, 9.17) is 11.6 Å². The number of amides is 1. The molecule has 5 aromatic rings. The van der Waals surface area contributed by atoms with Gasteiger partial charge in [0.2, 0.25) is 0 Å². The summed E-state index contributed by atoms with van der Waals surface area (Å²) >= 11 is 6.18. The summed E-state index contributed by atoms with van der Waals surface area (Å²) < 4.78 is 43.0. The molecule has 2 N–H and O–H groups in total. The van der Waals surface area contributed by atoms with Gasteiger partial charge in [-0.05, 0) is 54.6 Å². The molecule has 0 atom stereocenters. The Bertz CT molecular complexity index is 1930. The molecule has 0 unspecified atom stereocenters. The van der Waals surface area contributed by atoms with E-state index < -0.39 is 33.0 Å². The van der Waals surface area contributed by atoms with E-state index in [2.05, 4.69) is 4.98 Å². The van der Waals surface area contributed by atoms with Crippen molar-refractivity contribution in [1.29, 1.82) is 0 Å². The molecule has 0 bridgehead atoms. The Labute approximate surface area is 207 Å². The number of hydrogen-bond donors (Lipinski definition) is 2. The van der Waals surface area contributed by atoms with Crippen LogP contribution in [0.1, 0.15) is 10.5 Å². The topological polar surface area (TPSA) is 123 Å². The normalized spacial score (nSPS) is 11.8. The summed E-state index contributed by atoms with van der Waals surface area (Å²) in [5.41, 5.74) is -1.25. The Hall–Kier alpha value is -4.22. The second-order valence-corrected chi connectivity index (χ2v) is 10.0. The summed E-state index contributed by atoms with van der Waals surface area (Å²) in [6, 6.07) is 14.8. The van der Waals surface area contributed by atoms with E-state index in [1.165, 1.54) is 23.7 Å². The SMILES string of the molecule is Cn1c(C(=O)NS(=O)(=O)c2ccc(F)cc2)c(-n2c(=O)[nH]c3ccccc3c2=O)c2cc(Cl)ccc21. The zero-order valence-corrected chi connectivity index (χ0v) is 20.0. The summed E-state index contributed by atoms with van der Waals surface area (Å²) in [6.07, 6.45) is 0. The first kappa shape index (κ1) is 23.5. The maximum atomic E-state index is 13.4. The molecule has 0 aliphatic carbocycles. The van der Waals surface area contributed by atoms with Crippen molar-refractivity contribution in [2.24, 2.45) is 7.05 Å². The van der Waals surface area contributed by atoms with E-state index in [-0.39, 0.29) is 32.1 Å². The van der Waals surface area contributed by atoms with Crippen LogP contribution >= 0.6 is 11.6 Å². The number of rotatable bonds is 4. The summed E-state index contributed by atoms with van der Waals surface area (Å²) in [6.45, 7) is 0. The van der Waals surface area contributed by atoms with E-state index in [0.717, 1.165) is 28.8 Å². The zero-order valence-electron chi connectivity index (χ0n) is 18.5. The molecular weight excluding hydrogens is 511 g/mol. The number of hydrogen-bond acceptors (Lipinski definition) is 5. The third kappa shape index (κ3) is 3.78. The van der Waals surface area contributed by atoms with Crippen molar-refractivity contribution in [3.05, 3.63) is 104 Å². The molecule has 0 aliphatic heterocycles. The molecule has 0 spiro atoms. The van der Waals surface area contributed by atoms with E-state index >= 15 is 0 Å². The second-order valence-electron chi connectivity index (χ2n) is 7.92. The number of nitrogens with zero attached hydrogens (tertiary/aromatic N) is 2. The number of nitrogens with one attached hydrogen (secondary N) is 2. The van der Waals surface area contributed by atoms with Crippen LogP contribution in [0.4, 0.5) is 4.39 Å². The molecule has 36 heavy (non-hydrogen) atoms. The van der Waals surface area contributed by atoms with Gasteiger partial charge in [-0.15, -0.1) is 0 Å². The van der Waals surface area contributed by atoms with Gasteiger partial charge in [-0.25, -0.2) is 26.9 Å². The second kappa shape index (κ2) is 8.47. The number of para-hydroxylation sites is 1. The smallest absolute Gasteiger partial charge is 0.333 e. The minimum absolute atomic E-state index is 0.140. The summed E-state index contributed by atoms with van der Waals surface area (Å²) in [5, 5.41) is 0.726. The van der Waals surface area contributed by atoms with Gasteiger partial charge in [0, 0.05) is 17.5 Å². The Morgan fingerprint density at radius 3 is 2.42 bits per heavy atom. The van der Waals surface area contributed by atoms with Crippen LogP contribution in [0.3, 0.4) is 0 Å². The van der Waals surface area contributed by atoms with Gasteiger partial charge in [-0.3, -0.25) is 9.59 Å². The van der Waals surface area contributed by atoms with Gasteiger partial charge in [0.05, 0.1) is 27.0 Å². The fraction of sp³-hybridized carbons (Fsp3) is 0.0417. The van der Waals surface area contributed by atoms with Crippen LogP contribution in [0.5, 0.6) is 0 Å². The first-order chi connectivity index (χ1) is 17.1. The van der Waals surface area contributed by atoms with Crippen LogP contribution in [0.25, 0.3) is 27.5 Å². The molecule has 2 aromatic heterocycles. The van der Waals surface area contributed by atoms with Crippen molar-refractivity contribution in [2.45, 2.75) is 4.90 Å². The number of sulfonamides is 1. The van der Waals surface area contributed by atoms with Crippen molar-refractivity contribution < 1.29 is 17.6 Å². The van der Waals surface area contributed by atoms with E-state index in [0.29, 0.717) is 11.0 Å². The van der Waals surface area contributed by atoms with Crippen LogP contribution in [-0.4, -0.2) is 28.4 Å². The van der Waals surface area contributed by atoms with Crippen molar-refractivity contribution in [3.63, 3.8) is 0 Å². The summed E-state index contributed by atoms with van der Waals surface area (Å²) in [5.74, 6) is -1.76. The predicted octanol–water partition coefficient (Wildman–Crippen LogP) is 3.08. The first-order valence-electron chi connectivity index (χ1n) is 10.4. The quantitative estimate of drug-likeness (QED) is 0.372. The molecule has 0 aliphatic rings. The number of H-pyrrole nitrogens is 1. The Morgan fingerprint density at radius 2 is 1.69 bits per heavy atom. The van der Waals surface area contributed by atoms with Crippen molar-refractivity contribution >= 4 is 49.3 Å². The van der Waals surface area contributed by atoms with Crippen molar-refractivity contribution in [2.75, 3.05) is 0 Å². The number of benzene rings is 3. The molecule has 1 amide bonds. The molecule has 0 fully saturated rings. The van der Waals surface area contributed by atoms with Crippen LogP contribution < -0.4 is 16.0 Å². The minimum Gasteiger partial charge on any atom is -0.338 e. The molecular formula is C24H16ClFN4O5S. The number of carbonyl (C=O) groups is 1. The molecule has 182 valence electrons. The lowest BCUT2D eigenvalue weighted by Crippen LogP contribution is -2.37. The van der Waals surface area contributed by atoms with Gasteiger partial charge < -0.3 is 9.55 Å². The van der Waals surface area contributed by atoms with Crippen molar-refractivity contribution in [3.8, 4) is 5.69 Å². The minimum atomic E-state index is -4.42. The lowest BCUT2D eigenvalue weighted by atomic mass is 10.2. The van der Waals surface area contributed by atoms with Crippen molar-refractivity contribution in [1.82, 2.24) is 18.8 Å². The first-order valence-corrected chi connectivity index (χ1v) is 12.3. The molecule has 9 nitrogen and oxygen atoms in total. The molecule has 12 heteroatoms. The van der Waals surface area contributed by atoms with Gasteiger partial charge in [0.1, 0.15) is 11.5 Å². The fourth-order valence-corrected chi connectivity index (χ4v) is 5.22. The summed E-state index contributed by atoms with van der Waals surface area (Å²) in [4.78, 5) is 42.2. The molecule has 0 radical (unpaired) electrons. The molecule has 5 rings (SSSR count). The number of carbonyl (C=O) groups excluding carboxylic acids is 1. The van der Waals surface area contributed by atoms with Crippen LogP contribution in [0, 0.1) is 5.82 Å². The maximum Gasteiger partial charge on any atom is 0.333 e. The van der Waals surface area contributed by atoms with Crippen LogP contribution in [-0.2, 0) is 17.1 Å². The average molecular weight is 527 g/mol. The number of aryl methyl sites for hydroxylation is 1. The monoisotopic (exact) mass is 526 g/mol. The Balaban J connectivity index is 1.78. The number of aromatic nitrogens is 3.